The van der Waals surface area contributed by atoms with Crippen LogP contribution in [0.3, 0.4) is 0 Å². The van der Waals surface area contributed by atoms with Crippen LogP contribution in [0.5, 0.6) is 0 Å². The van der Waals surface area contributed by atoms with Gasteiger partial charge in [0.2, 0.25) is 5.95 Å². The number of anilines is 2. The molecule has 6 nitrogen and oxygen atoms in total. The minimum atomic E-state index is -3.63. The maximum Gasteiger partial charge on any atom is 0.273 e. The van der Waals surface area contributed by atoms with E-state index in [4.69, 9.17) is 5.73 Å². The molecule has 0 radical (unpaired) electrons. The minimum absolute atomic E-state index is 0.0365. The van der Waals surface area contributed by atoms with Crippen LogP contribution < -0.4 is 10.5 Å². The Balaban J connectivity index is 2.28. The first-order valence-corrected chi connectivity index (χ1v) is 6.58. The topological polar surface area (TPSA) is 98.0 Å². The van der Waals surface area contributed by atoms with E-state index in [-0.39, 0.29) is 10.2 Å². The molecule has 0 saturated carbocycles. The zero-order valence-corrected chi connectivity index (χ0v) is 9.62. The molecule has 0 bridgehead atoms. The van der Waals surface area contributed by atoms with E-state index in [1.807, 2.05) is 0 Å². The quantitative estimate of drug-likeness (QED) is 0.851. The van der Waals surface area contributed by atoms with E-state index >= 15 is 0 Å². The molecule has 0 aliphatic rings. The Morgan fingerprint density at radius 3 is 2.56 bits per heavy atom. The van der Waals surface area contributed by atoms with E-state index in [1.54, 1.807) is 11.4 Å². The number of sulfonamides is 1. The summed E-state index contributed by atoms with van der Waals surface area (Å²) in [5.74, 6) is 0.0365. The van der Waals surface area contributed by atoms with Crippen molar-refractivity contribution in [1.29, 1.82) is 0 Å². The highest BCUT2D eigenvalue weighted by Gasteiger charge is 2.17. The summed E-state index contributed by atoms with van der Waals surface area (Å²) in [7, 11) is -3.63. The smallest absolute Gasteiger partial charge is 0.273 e. The molecule has 2 heterocycles. The minimum Gasteiger partial charge on any atom is -0.398 e. The fraction of sp³-hybridized carbons (Fsp3) is 0. The van der Waals surface area contributed by atoms with Crippen LogP contribution in [0, 0.1) is 0 Å². The molecule has 2 aromatic heterocycles. The van der Waals surface area contributed by atoms with Crippen molar-refractivity contribution in [3.63, 3.8) is 0 Å². The largest absolute Gasteiger partial charge is 0.398 e. The van der Waals surface area contributed by atoms with Gasteiger partial charge in [0.1, 0.15) is 4.21 Å². The molecule has 3 N–H and O–H groups in total. The molecule has 0 unspecified atom stereocenters. The first-order chi connectivity index (χ1) is 7.58. The van der Waals surface area contributed by atoms with E-state index in [2.05, 4.69) is 14.7 Å². The molecular weight excluding hydrogens is 248 g/mol. The molecule has 84 valence electrons. The lowest BCUT2D eigenvalue weighted by molar-refractivity contribution is 0.602. The zero-order chi connectivity index (χ0) is 11.6. The Morgan fingerprint density at radius 2 is 2.00 bits per heavy atom. The van der Waals surface area contributed by atoms with Crippen LogP contribution >= 0.6 is 11.3 Å². The fourth-order valence-corrected chi connectivity index (χ4v) is 3.03. The molecule has 16 heavy (non-hydrogen) atoms. The number of hydrogen-bond donors (Lipinski definition) is 2. The molecule has 0 aliphatic carbocycles. The molecule has 2 aromatic rings. The average Bonchev–Trinajstić information content (AvgIpc) is 2.66. The number of nitrogens with one attached hydrogen (secondary N) is 1. The lowest BCUT2D eigenvalue weighted by Gasteiger charge is -2.02. The van der Waals surface area contributed by atoms with Gasteiger partial charge in [-0.05, 0) is 12.1 Å². The Morgan fingerprint density at radius 1 is 1.31 bits per heavy atom. The van der Waals surface area contributed by atoms with Crippen LogP contribution in [0.15, 0.2) is 34.1 Å². The molecule has 2 rings (SSSR count). The van der Waals surface area contributed by atoms with E-state index in [9.17, 15) is 8.42 Å². The van der Waals surface area contributed by atoms with E-state index in [1.165, 1.54) is 18.5 Å². The molecule has 0 amide bonds. The Hall–Kier alpha value is -1.67. The van der Waals surface area contributed by atoms with Gasteiger partial charge in [-0.25, -0.2) is 23.1 Å². The molecule has 0 fully saturated rings. The monoisotopic (exact) mass is 256 g/mol. The maximum absolute atomic E-state index is 11.8. The Labute approximate surface area is 96.2 Å². The maximum atomic E-state index is 11.8. The molecule has 0 atom stereocenters. The highest BCUT2D eigenvalue weighted by atomic mass is 32.2. The van der Waals surface area contributed by atoms with E-state index in [0.717, 1.165) is 11.3 Å². The van der Waals surface area contributed by atoms with Crippen molar-refractivity contribution < 1.29 is 8.42 Å². The van der Waals surface area contributed by atoms with Crippen molar-refractivity contribution in [2.75, 3.05) is 10.5 Å². The van der Waals surface area contributed by atoms with Gasteiger partial charge in [-0.2, -0.15) is 0 Å². The number of nitrogens with zero attached hydrogens (tertiary/aromatic N) is 2. The first-order valence-electron chi connectivity index (χ1n) is 4.22. The third-order valence-electron chi connectivity index (χ3n) is 1.65. The molecule has 0 aromatic carbocycles. The normalized spacial score (nSPS) is 11.2. The summed E-state index contributed by atoms with van der Waals surface area (Å²) in [5, 5.41) is 1.56. The Kier molecular flexibility index (Phi) is 2.75. The van der Waals surface area contributed by atoms with Gasteiger partial charge < -0.3 is 5.73 Å². The summed E-state index contributed by atoms with van der Waals surface area (Å²) in [6.07, 6.45) is 2.90. The van der Waals surface area contributed by atoms with Gasteiger partial charge in [0.15, 0.2) is 0 Å². The predicted octanol–water partition coefficient (Wildman–Crippen LogP) is 0.921. The standard InChI is InChI=1S/C8H8N4O2S2/c9-6-4-7(15-5-6)16(13,14)12-8-10-2-1-3-11-8/h1-5H,9H2,(H,10,11,12). The van der Waals surface area contributed by atoms with Crippen LogP contribution in [-0.4, -0.2) is 18.4 Å². The van der Waals surface area contributed by atoms with Crippen molar-refractivity contribution in [2.45, 2.75) is 4.21 Å². The molecule has 0 aliphatic heterocycles. The number of aromatic nitrogens is 2. The zero-order valence-electron chi connectivity index (χ0n) is 7.99. The molecule has 0 spiro atoms. The third-order valence-corrected chi connectivity index (χ3v) is 4.44. The summed E-state index contributed by atoms with van der Waals surface area (Å²) in [6.45, 7) is 0. The Bertz CT molecular complexity index is 579. The van der Waals surface area contributed by atoms with Crippen molar-refractivity contribution in [3.05, 3.63) is 29.9 Å². The van der Waals surface area contributed by atoms with Gasteiger partial charge >= 0.3 is 0 Å². The second kappa shape index (κ2) is 4.06. The highest BCUT2D eigenvalue weighted by molar-refractivity contribution is 7.94. The van der Waals surface area contributed by atoms with Crippen LogP contribution in [0.25, 0.3) is 0 Å². The second-order valence-corrected chi connectivity index (χ2v) is 5.70. The molecule has 8 heteroatoms. The van der Waals surface area contributed by atoms with Gasteiger partial charge in [-0.3, -0.25) is 0 Å². The summed E-state index contributed by atoms with van der Waals surface area (Å²) in [6, 6.07) is 2.98. The van der Waals surface area contributed by atoms with Crippen molar-refractivity contribution in [3.8, 4) is 0 Å². The van der Waals surface area contributed by atoms with Crippen LogP contribution in [0.2, 0.25) is 0 Å². The summed E-state index contributed by atoms with van der Waals surface area (Å²) in [5.41, 5.74) is 5.87. The summed E-state index contributed by atoms with van der Waals surface area (Å²) >= 11 is 1.04. The second-order valence-electron chi connectivity index (χ2n) is 2.88. The lowest BCUT2D eigenvalue weighted by Crippen LogP contribution is -2.13. The van der Waals surface area contributed by atoms with Crippen molar-refractivity contribution >= 4 is 33.0 Å². The van der Waals surface area contributed by atoms with Crippen molar-refractivity contribution in [2.24, 2.45) is 0 Å². The SMILES string of the molecule is Nc1csc(S(=O)(=O)Nc2ncccn2)c1. The van der Waals surface area contributed by atoms with Crippen molar-refractivity contribution in [1.82, 2.24) is 9.97 Å². The van der Waals surface area contributed by atoms with Gasteiger partial charge in [-0.15, -0.1) is 11.3 Å². The predicted molar refractivity (Wildman–Crippen MR) is 61.6 cm³/mol. The molecular formula is C8H8N4O2S2. The van der Waals surface area contributed by atoms with Crippen LogP contribution in [0.4, 0.5) is 11.6 Å². The number of rotatable bonds is 3. The fourth-order valence-electron chi connectivity index (χ4n) is 0.993. The summed E-state index contributed by atoms with van der Waals surface area (Å²) < 4.78 is 25.9. The summed E-state index contributed by atoms with van der Waals surface area (Å²) in [4.78, 5) is 7.54. The first kappa shape index (κ1) is 10.8. The number of hydrogen-bond acceptors (Lipinski definition) is 6. The van der Waals surface area contributed by atoms with E-state index < -0.39 is 10.0 Å². The molecule has 0 saturated heterocycles. The van der Waals surface area contributed by atoms with Gasteiger partial charge in [0.25, 0.3) is 10.0 Å². The van der Waals surface area contributed by atoms with Gasteiger partial charge in [0, 0.05) is 23.5 Å². The number of nitrogens with two attached hydrogens (primary N) is 1. The highest BCUT2D eigenvalue weighted by Crippen LogP contribution is 2.22. The van der Waals surface area contributed by atoms with Gasteiger partial charge in [0.05, 0.1) is 0 Å². The van der Waals surface area contributed by atoms with Crippen LogP contribution in [0.1, 0.15) is 0 Å². The number of nitrogen functional groups attached to an aromatic ring is 1. The average molecular weight is 256 g/mol. The lowest BCUT2D eigenvalue weighted by atomic mass is 10.6. The van der Waals surface area contributed by atoms with Gasteiger partial charge in [-0.1, -0.05) is 0 Å². The van der Waals surface area contributed by atoms with Crippen LogP contribution in [-0.2, 0) is 10.0 Å². The third kappa shape index (κ3) is 2.28. The number of thiophene rings is 1. The van der Waals surface area contributed by atoms with E-state index in [0.29, 0.717) is 5.69 Å².